The van der Waals surface area contributed by atoms with Crippen molar-refractivity contribution < 1.29 is 8.78 Å². The molecule has 2 fully saturated rings. The van der Waals surface area contributed by atoms with Gasteiger partial charge >= 0.3 is 0 Å². The van der Waals surface area contributed by atoms with Crippen molar-refractivity contribution in [2.45, 2.75) is 45.1 Å². The van der Waals surface area contributed by atoms with Gasteiger partial charge in [0.25, 0.3) is 0 Å². The van der Waals surface area contributed by atoms with Crippen molar-refractivity contribution >= 4 is 0 Å². The number of benzene rings is 1. The largest absolute Gasteiger partial charge is 0.314 e. The predicted molar refractivity (Wildman–Crippen MR) is 76.5 cm³/mol. The molecule has 1 aromatic carbocycles. The summed E-state index contributed by atoms with van der Waals surface area (Å²) in [7, 11) is 0. The minimum absolute atomic E-state index is 0.210. The van der Waals surface area contributed by atoms with Crippen LogP contribution in [0.3, 0.4) is 0 Å². The summed E-state index contributed by atoms with van der Waals surface area (Å²) in [6.45, 7) is 2.92. The molecule has 3 heteroatoms. The second-order valence-corrected chi connectivity index (χ2v) is 6.41. The molecule has 1 aromatic rings. The van der Waals surface area contributed by atoms with Crippen LogP contribution in [-0.2, 0) is 6.42 Å². The van der Waals surface area contributed by atoms with E-state index in [4.69, 9.17) is 0 Å². The van der Waals surface area contributed by atoms with Gasteiger partial charge in [-0.3, -0.25) is 0 Å². The molecule has 4 atom stereocenters. The molecular weight excluding hydrogens is 256 g/mol. The van der Waals surface area contributed by atoms with Crippen LogP contribution in [0, 0.1) is 29.4 Å². The molecule has 4 unspecified atom stereocenters. The van der Waals surface area contributed by atoms with Gasteiger partial charge in [-0.1, -0.05) is 19.4 Å². The lowest BCUT2D eigenvalue weighted by atomic mass is 9.81. The van der Waals surface area contributed by atoms with Crippen LogP contribution in [0.1, 0.15) is 38.2 Å². The molecule has 0 saturated heterocycles. The average molecular weight is 279 g/mol. The Morgan fingerprint density at radius 2 is 1.95 bits per heavy atom. The van der Waals surface area contributed by atoms with Crippen LogP contribution < -0.4 is 5.32 Å². The Morgan fingerprint density at radius 1 is 1.20 bits per heavy atom. The summed E-state index contributed by atoms with van der Waals surface area (Å²) in [5, 5.41) is 3.48. The van der Waals surface area contributed by atoms with Crippen molar-refractivity contribution in [3.63, 3.8) is 0 Å². The molecule has 0 radical (unpaired) electrons. The van der Waals surface area contributed by atoms with Crippen LogP contribution >= 0.6 is 0 Å². The number of halogens is 2. The highest BCUT2D eigenvalue weighted by Crippen LogP contribution is 2.50. The first-order chi connectivity index (χ1) is 9.69. The average Bonchev–Trinajstić information content (AvgIpc) is 3.04. The Morgan fingerprint density at radius 3 is 2.50 bits per heavy atom. The third-order valence-corrected chi connectivity index (χ3v) is 5.26. The van der Waals surface area contributed by atoms with Gasteiger partial charge in [-0.15, -0.1) is 0 Å². The summed E-state index contributed by atoms with van der Waals surface area (Å²) in [5.41, 5.74) is 0.251. The molecule has 0 amide bonds. The van der Waals surface area contributed by atoms with E-state index in [0.717, 1.165) is 18.4 Å². The Labute approximate surface area is 119 Å². The molecule has 1 nitrogen and oxygen atoms in total. The Bertz CT molecular complexity index is 454. The molecular formula is C17H23F2N. The number of hydrogen-bond acceptors (Lipinski definition) is 1. The van der Waals surface area contributed by atoms with Gasteiger partial charge in [0, 0.05) is 11.6 Å². The topological polar surface area (TPSA) is 12.0 Å². The summed E-state index contributed by atoms with van der Waals surface area (Å²) < 4.78 is 27.7. The zero-order valence-corrected chi connectivity index (χ0v) is 12.0. The van der Waals surface area contributed by atoms with E-state index >= 15 is 0 Å². The van der Waals surface area contributed by atoms with Gasteiger partial charge in [0.2, 0.25) is 0 Å². The van der Waals surface area contributed by atoms with E-state index < -0.39 is 11.6 Å². The lowest BCUT2D eigenvalue weighted by Crippen LogP contribution is -2.40. The normalized spacial score (nSPS) is 29.9. The molecule has 0 heterocycles. The summed E-state index contributed by atoms with van der Waals surface area (Å²) in [4.78, 5) is 0. The van der Waals surface area contributed by atoms with Crippen molar-refractivity contribution in [1.29, 1.82) is 0 Å². The van der Waals surface area contributed by atoms with Gasteiger partial charge in [-0.2, -0.15) is 0 Å². The Hall–Kier alpha value is -0.960. The fraction of sp³-hybridized carbons (Fsp3) is 0.647. The van der Waals surface area contributed by atoms with Gasteiger partial charge in [0.15, 0.2) is 0 Å². The molecule has 0 spiro atoms. The molecule has 3 rings (SSSR count). The van der Waals surface area contributed by atoms with Crippen molar-refractivity contribution in [2.24, 2.45) is 17.8 Å². The Kier molecular flexibility index (Phi) is 4.06. The number of hydrogen-bond donors (Lipinski definition) is 1. The molecule has 1 N–H and O–H groups in total. The third kappa shape index (κ3) is 2.60. The van der Waals surface area contributed by atoms with Gasteiger partial charge in [0.05, 0.1) is 0 Å². The minimum atomic E-state index is -0.406. The molecule has 2 saturated carbocycles. The summed E-state index contributed by atoms with van der Waals surface area (Å²) in [5.74, 6) is 1.40. The van der Waals surface area contributed by atoms with E-state index in [9.17, 15) is 8.78 Å². The lowest BCUT2D eigenvalue weighted by molar-refractivity contribution is 0.246. The number of rotatable bonds is 5. The van der Waals surface area contributed by atoms with Crippen molar-refractivity contribution in [1.82, 2.24) is 5.32 Å². The van der Waals surface area contributed by atoms with E-state index in [0.29, 0.717) is 12.3 Å². The van der Waals surface area contributed by atoms with Crippen LogP contribution in [0.25, 0.3) is 0 Å². The first-order valence-electron chi connectivity index (χ1n) is 7.85. The van der Waals surface area contributed by atoms with Crippen molar-refractivity contribution in [3.8, 4) is 0 Å². The zero-order valence-electron chi connectivity index (χ0n) is 12.0. The first-order valence-corrected chi connectivity index (χ1v) is 7.85. The molecule has 0 aliphatic heterocycles. The maximum Gasteiger partial charge on any atom is 0.129 e. The molecule has 20 heavy (non-hydrogen) atoms. The highest BCUT2D eigenvalue weighted by atomic mass is 19.1. The number of fused-ring (bicyclic) bond motifs is 2. The maximum atomic E-state index is 13.9. The smallest absolute Gasteiger partial charge is 0.129 e. The highest BCUT2D eigenvalue weighted by molar-refractivity contribution is 5.21. The van der Waals surface area contributed by atoms with E-state index in [2.05, 4.69) is 12.2 Å². The Balaban J connectivity index is 1.77. The minimum Gasteiger partial charge on any atom is -0.314 e. The van der Waals surface area contributed by atoms with Gasteiger partial charge in [-0.25, -0.2) is 8.78 Å². The lowest BCUT2D eigenvalue weighted by Gasteiger charge is -2.31. The van der Waals surface area contributed by atoms with E-state index in [1.54, 1.807) is 0 Å². The second kappa shape index (κ2) is 5.80. The molecule has 2 aliphatic carbocycles. The van der Waals surface area contributed by atoms with Crippen LogP contribution in [0.5, 0.6) is 0 Å². The van der Waals surface area contributed by atoms with E-state index in [-0.39, 0.29) is 11.6 Å². The number of likely N-dealkylation sites (N-methyl/N-ethyl adjacent to an activating group) is 1. The SMILES string of the molecule is CCNC(Cc1c(F)cccc1F)C1CC2CCC1C2. The van der Waals surface area contributed by atoms with E-state index in [1.807, 2.05) is 0 Å². The van der Waals surface area contributed by atoms with Gasteiger partial charge in [-0.05, 0) is 62.1 Å². The first kappa shape index (κ1) is 14.0. The van der Waals surface area contributed by atoms with Crippen LogP contribution in [0.2, 0.25) is 0 Å². The molecule has 110 valence electrons. The second-order valence-electron chi connectivity index (χ2n) is 6.41. The van der Waals surface area contributed by atoms with Gasteiger partial charge < -0.3 is 5.32 Å². The van der Waals surface area contributed by atoms with Gasteiger partial charge in [0.1, 0.15) is 11.6 Å². The maximum absolute atomic E-state index is 13.9. The summed E-state index contributed by atoms with van der Waals surface area (Å²) in [6.07, 6.45) is 5.69. The summed E-state index contributed by atoms with van der Waals surface area (Å²) >= 11 is 0. The molecule has 2 bridgehead atoms. The fourth-order valence-electron chi connectivity index (χ4n) is 4.37. The fourth-order valence-corrected chi connectivity index (χ4v) is 4.37. The molecule has 0 aromatic heterocycles. The van der Waals surface area contributed by atoms with Crippen molar-refractivity contribution in [2.75, 3.05) is 6.54 Å². The van der Waals surface area contributed by atoms with Crippen LogP contribution in [0.4, 0.5) is 8.78 Å². The van der Waals surface area contributed by atoms with E-state index in [1.165, 1.54) is 43.9 Å². The van der Waals surface area contributed by atoms with Crippen LogP contribution in [-0.4, -0.2) is 12.6 Å². The summed E-state index contributed by atoms with van der Waals surface area (Å²) in [6, 6.07) is 4.37. The zero-order chi connectivity index (χ0) is 14.1. The van der Waals surface area contributed by atoms with Crippen molar-refractivity contribution in [3.05, 3.63) is 35.4 Å². The van der Waals surface area contributed by atoms with Crippen LogP contribution in [0.15, 0.2) is 18.2 Å². The monoisotopic (exact) mass is 279 g/mol. The predicted octanol–water partition coefficient (Wildman–Crippen LogP) is 3.92. The third-order valence-electron chi connectivity index (χ3n) is 5.26. The standard InChI is InChI=1S/C17H23F2N/c1-2-20-17(13-9-11-6-7-12(13)8-11)10-14-15(18)4-3-5-16(14)19/h3-5,11-13,17,20H,2,6-10H2,1H3. The quantitative estimate of drug-likeness (QED) is 0.861. The highest BCUT2D eigenvalue weighted by Gasteiger charge is 2.43. The number of nitrogens with one attached hydrogen (secondary N) is 1. The molecule has 2 aliphatic rings.